The number of nitrogens with zero attached hydrogens (tertiary/aromatic N) is 3. The summed E-state index contributed by atoms with van der Waals surface area (Å²) in [6.45, 7) is 3.73. The van der Waals surface area contributed by atoms with Crippen molar-refractivity contribution in [1.29, 1.82) is 5.26 Å². The van der Waals surface area contributed by atoms with Crippen LogP contribution in [0.4, 0.5) is 0 Å². The van der Waals surface area contributed by atoms with Crippen molar-refractivity contribution < 1.29 is 4.79 Å². The quantitative estimate of drug-likeness (QED) is 0.788. The Bertz CT molecular complexity index is 369. The molecule has 1 unspecified atom stereocenters. The Hall–Kier alpha value is -1.96. The van der Waals surface area contributed by atoms with Crippen LogP contribution in [0.25, 0.3) is 0 Å². The molecule has 0 aliphatic heterocycles. The Morgan fingerprint density at radius 3 is 2.73 bits per heavy atom. The van der Waals surface area contributed by atoms with Gasteiger partial charge < -0.3 is 5.32 Å². The molecule has 15 heavy (non-hydrogen) atoms. The number of carbonyl (C=O) groups excluding carboxylic acids is 1. The van der Waals surface area contributed by atoms with Gasteiger partial charge in [0.05, 0.1) is 12.3 Å². The maximum absolute atomic E-state index is 11.6. The van der Waals surface area contributed by atoms with Crippen LogP contribution < -0.4 is 5.32 Å². The Labute approximate surface area is 88.2 Å². The molecule has 0 radical (unpaired) electrons. The standard InChI is InChI=1S/C10H12N4O/c1-7(2)8(5-11)14-10(15)9-6-12-3-4-13-9/h3-4,6-8H,1-2H3,(H,14,15). The van der Waals surface area contributed by atoms with Crippen molar-refractivity contribution in [3.8, 4) is 6.07 Å². The van der Waals surface area contributed by atoms with Gasteiger partial charge in [-0.25, -0.2) is 4.98 Å². The van der Waals surface area contributed by atoms with E-state index in [-0.39, 0.29) is 17.5 Å². The lowest BCUT2D eigenvalue weighted by Crippen LogP contribution is -2.37. The molecular weight excluding hydrogens is 192 g/mol. The van der Waals surface area contributed by atoms with Crippen LogP contribution in [0.5, 0.6) is 0 Å². The van der Waals surface area contributed by atoms with E-state index in [0.717, 1.165) is 0 Å². The van der Waals surface area contributed by atoms with E-state index in [1.165, 1.54) is 18.6 Å². The third kappa shape index (κ3) is 3.02. The molecule has 0 fully saturated rings. The van der Waals surface area contributed by atoms with Crippen LogP contribution >= 0.6 is 0 Å². The normalized spacial score (nSPS) is 11.9. The van der Waals surface area contributed by atoms with Crippen molar-refractivity contribution in [3.05, 3.63) is 24.3 Å². The second kappa shape index (κ2) is 5.05. The SMILES string of the molecule is CC(C)C(C#N)NC(=O)c1cnccn1. The average Bonchev–Trinajstić information content (AvgIpc) is 2.26. The van der Waals surface area contributed by atoms with Gasteiger partial charge in [-0.15, -0.1) is 0 Å². The first-order chi connectivity index (χ1) is 7.15. The lowest BCUT2D eigenvalue weighted by molar-refractivity contribution is 0.0932. The van der Waals surface area contributed by atoms with Gasteiger partial charge in [0, 0.05) is 12.4 Å². The molecule has 1 aromatic heterocycles. The van der Waals surface area contributed by atoms with E-state index in [4.69, 9.17) is 5.26 Å². The summed E-state index contributed by atoms with van der Waals surface area (Å²) >= 11 is 0. The molecule has 5 heteroatoms. The minimum Gasteiger partial charge on any atom is -0.335 e. The van der Waals surface area contributed by atoms with Gasteiger partial charge in [-0.1, -0.05) is 13.8 Å². The van der Waals surface area contributed by atoms with Gasteiger partial charge >= 0.3 is 0 Å². The molecule has 1 rings (SSSR count). The molecule has 0 aliphatic rings. The van der Waals surface area contributed by atoms with Crippen LogP contribution in [0.3, 0.4) is 0 Å². The summed E-state index contributed by atoms with van der Waals surface area (Å²) in [6, 6.07) is 1.52. The molecule has 5 nitrogen and oxygen atoms in total. The maximum Gasteiger partial charge on any atom is 0.272 e. The van der Waals surface area contributed by atoms with Crippen molar-refractivity contribution >= 4 is 5.91 Å². The number of nitrogens with one attached hydrogen (secondary N) is 1. The number of amides is 1. The lowest BCUT2D eigenvalue weighted by Gasteiger charge is -2.13. The molecule has 0 aromatic carbocycles. The van der Waals surface area contributed by atoms with Crippen LogP contribution in [0.2, 0.25) is 0 Å². The van der Waals surface area contributed by atoms with Crippen LogP contribution in [0.15, 0.2) is 18.6 Å². The number of hydrogen-bond acceptors (Lipinski definition) is 4. The fourth-order valence-corrected chi connectivity index (χ4v) is 0.980. The zero-order valence-electron chi connectivity index (χ0n) is 8.64. The highest BCUT2D eigenvalue weighted by molar-refractivity contribution is 5.92. The predicted octanol–water partition coefficient (Wildman–Crippen LogP) is 0.755. The van der Waals surface area contributed by atoms with Gasteiger partial charge in [0.1, 0.15) is 11.7 Å². The largest absolute Gasteiger partial charge is 0.335 e. The molecule has 0 aliphatic carbocycles. The van der Waals surface area contributed by atoms with Gasteiger partial charge in [-0.2, -0.15) is 5.26 Å². The molecule has 0 saturated heterocycles. The second-order valence-corrected chi connectivity index (χ2v) is 3.41. The third-order valence-electron chi connectivity index (χ3n) is 1.89. The molecule has 0 bridgehead atoms. The molecule has 1 N–H and O–H groups in total. The van der Waals surface area contributed by atoms with E-state index in [0.29, 0.717) is 0 Å². The number of hydrogen-bond donors (Lipinski definition) is 1. The van der Waals surface area contributed by atoms with E-state index in [1.54, 1.807) is 0 Å². The zero-order valence-corrected chi connectivity index (χ0v) is 8.64. The number of nitriles is 1. The van der Waals surface area contributed by atoms with E-state index >= 15 is 0 Å². The van der Waals surface area contributed by atoms with Crippen molar-refractivity contribution in [1.82, 2.24) is 15.3 Å². The van der Waals surface area contributed by atoms with Gasteiger partial charge in [0.2, 0.25) is 0 Å². The Balaban J connectivity index is 2.68. The van der Waals surface area contributed by atoms with Crippen LogP contribution in [-0.4, -0.2) is 21.9 Å². The fourth-order valence-electron chi connectivity index (χ4n) is 0.980. The first-order valence-electron chi connectivity index (χ1n) is 4.61. The molecule has 1 amide bonds. The minimum absolute atomic E-state index is 0.0654. The summed E-state index contributed by atoms with van der Waals surface area (Å²) in [4.78, 5) is 19.2. The van der Waals surface area contributed by atoms with Crippen LogP contribution in [0.1, 0.15) is 24.3 Å². The highest BCUT2D eigenvalue weighted by Crippen LogP contribution is 2.01. The number of aromatic nitrogens is 2. The van der Waals surface area contributed by atoms with Crippen molar-refractivity contribution in [3.63, 3.8) is 0 Å². The third-order valence-corrected chi connectivity index (χ3v) is 1.89. The molecule has 1 atom stereocenters. The molecule has 1 heterocycles. The first-order valence-corrected chi connectivity index (χ1v) is 4.61. The summed E-state index contributed by atoms with van der Waals surface area (Å²) in [5, 5.41) is 11.4. The Morgan fingerprint density at radius 2 is 2.27 bits per heavy atom. The highest BCUT2D eigenvalue weighted by atomic mass is 16.1. The summed E-state index contributed by atoms with van der Waals surface area (Å²) in [5.74, 6) is -0.307. The van der Waals surface area contributed by atoms with E-state index in [9.17, 15) is 4.79 Å². The molecule has 0 saturated carbocycles. The topological polar surface area (TPSA) is 78.7 Å². The highest BCUT2D eigenvalue weighted by Gasteiger charge is 2.16. The van der Waals surface area contributed by atoms with E-state index < -0.39 is 6.04 Å². The lowest BCUT2D eigenvalue weighted by atomic mass is 10.1. The predicted molar refractivity (Wildman–Crippen MR) is 53.7 cm³/mol. The van der Waals surface area contributed by atoms with E-state index in [1.807, 2.05) is 19.9 Å². The minimum atomic E-state index is -0.500. The van der Waals surface area contributed by atoms with Gasteiger partial charge in [-0.05, 0) is 5.92 Å². The molecule has 78 valence electrons. The average molecular weight is 204 g/mol. The summed E-state index contributed by atoms with van der Waals surface area (Å²) in [7, 11) is 0. The number of rotatable bonds is 3. The second-order valence-electron chi connectivity index (χ2n) is 3.41. The summed E-state index contributed by atoms with van der Waals surface area (Å²) in [5.41, 5.74) is 0.221. The van der Waals surface area contributed by atoms with Crippen molar-refractivity contribution in [2.24, 2.45) is 5.92 Å². The summed E-state index contributed by atoms with van der Waals surface area (Å²) < 4.78 is 0. The molecular formula is C10H12N4O. The van der Waals surface area contributed by atoms with Crippen LogP contribution in [0, 0.1) is 17.2 Å². The molecule has 0 spiro atoms. The smallest absolute Gasteiger partial charge is 0.272 e. The van der Waals surface area contributed by atoms with Crippen molar-refractivity contribution in [2.75, 3.05) is 0 Å². The van der Waals surface area contributed by atoms with Gasteiger partial charge in [-0.3, -0.25) is 9.78 Å². The maximum atomic E-state index is 11.6. The van der Waals surface area contributed by atoms with Crippen LogP contribution in [-0.2, 0) is 0 Å². The molecule has 1 aromatic rings. The fraction of sp³-hybridized carbons (Fsp3) is 0.400. The monoisotopic (exact) mass is 204 g/mol. The van der Waals surface area contributed by atoms with E-state index in [2.05, 4.69) is 15.3 Å². The summed E-state index contributed by atoms with van der Waals surface area (Å²) in [6.07, 6.45) is 4.29. The first kappa shape index (κ1) is 11.1. The Morgan fingerprint density at radius 1 is 1.53 bits per heavy atom. The van der Waals surface area contributed by atoms with Crippen molar-refractivity contribution in [2.45, 2.75) is 19.9 Å². The van der Waals surface area contributed by atoms with Gasteiger partial charge in [0.15, 0.2) is 0 Å². The Kier molecular flexibility index (Phi) is 3.75. The number of carbonyl (C=O) groups is 1. The zero-order chi connectivity index (χ0) is 11.3. The van der Waals surface area contributed by atoms with Gasteiger partial charge in [0.25, 0.3) is 5.91 Å².